The van der Waals surface area contributed by atoms with E-state index in [-0.39, 0.29) is 5.56 Å². The second-order valence-electron chi connectivity index (χ2n) is 5.95. The van der Waals surface area contributed by atoms with E-state index in [0.29, 0.717) is 17.9 Å². The lowest BCUT2D eigenvalue weighted by Gasteiger charge is -2.35. The third kappa shape index (κ3) is 3.44. The molecule has 0 aliphatic heterocycles. The van der Waals surface area contributed by atoms with Gasteiger partial charge in [-0.25, -0.2) is 0 Å². The van der Waals surface area contributed by atoms with E-state index < -0.39 is 24.7 Å². The van der Waals surface area contributed by atoms with Crippen LogP contribution >= 0.6 is 0 Å². The molecule has 2 heterocycles. The van der Waals surface area contributed by atoms with Crippen LogP contribution in [0.4, 0.5) is 13.2 Å². The molecule has 0 fully saturated rings. The van der Waals surface area contributed by atoms with Crippen molar-refractivity contribution in [3.05, 3.63) is 53.2 Å². The molecular weight excluding hydrogens is 321 g/mol. The summed E-state index contributed by atoms with van der Waals surface area (Å²) in [5, 5.41) is 0. The Morgan fingerprint density at radius 2 is 2.25 bits per heavy atom. The van der Waals surface area contributed by atoms with Gasteiger partial charge in [-0.2, -0.15) is 13.2 Å². The Bertz CT molecular complexity index is 739. The Morgan fingerprint density at radius 1 is 1.46 bits per heavy atom. The largest absolute Gasteiger partial charge is 0.469 e. The van der Waals surface area contributed by atoms with Crippen LogP contribution in [0.15, 0.2) is 35.1 Å². The number of hydrogen-bond donors (Lipinski definition) is 0. The van der Waals surface area contributed by atoms with E-state index in [1.54, 1.807) is 19.2 Å². The Morgan fingerprint density at radius 3 is 2.92 bits per heavy atom. The summed E-state index contributed by atoms with van der Waals surface area (Å²) >= 11 is 0. The van der Waals surface area contributed by atoms with Gasteiger partial charge in [0.1, 0.15) is 18.6 Å². The third-order valence-corrected chi connectivity index (χ3v) is 4.13. The average molecular weight is 338 g/mol. The van der Waals surface area contributed by atoms with Crippen LogP contribution in [0.25, 0.3) is 0 Å². The van der Waals surface area contributed by atoms with Crippen LogP contribution in [0.5, 0.6) is 0 Å². The minimum Gasteiger partial charge on any atom is -0.469 e. The first-order valence-electron chi connectivity index (χ1n) is 7.72. The summed E-state index contributed by atoms with van der Waals surface area (Å²) in [5.41, 5.74) is 1.58. The van der Waals surface area contributed by atoms with Crippen molar-refractivity contribution in [3.8, 4) is 0 Å². The lowest BCUT2D eigenvalue weighted by molar-refractivity contribution is -0.145. The molecule has 0 saturated heterocycles. The highest BCUT2D eigenvalue weighted by Gasteiger charge is 2.39. The van der Waals surface area contributed by atoms with E-state index in [2.05, 4.69) is 4.98 Å². The van der Waals surface area contributed by atoms with Crippen LogP contribution in [0.2, 0.25) is 0 Å². The van der Waals surface area contributed by atoms with Crippen molar-refractivity contribution in [1.82, 2.24) is 9.88 Å². The van der Waals surface area contributed by atoms with Crippen molar-refractivity contribution in [2.24, 2.45) is 0 Å². The topological polar surface area (TPSA) is 46.3 Å². The van der Waals surface area contributed by atoms with Crippen molar-refractivity contribution in [1.29, 1.82) is 0 Å². The predicted octanol–water partition coefficient (Wildman–Crippen LogP) is 4.07. The Balaban J connectivity index is 1.98. The molecule has 0 unspecified atom stereocenters. The monoisotopic (exact) mass is 338 g/mol. The molecule has 128 valence electrons. The molecule has 0 spiro atoms. The molecule has 0 bridgehead atoms. The van der Waals surface area contributed by atoms with Crippen molar-refractivity contribution in [2.45, 2.75) is 38.4 Å². The van der Waals surface area contributed by atoms with Gasteiger partial charge < -0.3 is 9.32 Å². The van der Waals surface area contributed by atoms with E-state index >= 15 is 0 Å². The number of amides is 1. The second-order valence-corrected chi connectivity index (χ2v) is 5.95. The molecule has 0 aromatic carbocycles. The molecule has 2 aromatic rings. The summed E-state index contributed by atoms with van der Waals surface area (Å²) in [5.74, 6) is -0.208. The van der Waals surface area contributed by atoms with E-state index in [4.69, 9.17) is 4.42 Å². The summed E-state index contributed by atoms with van der Waals surface area (Å²) in [7, 11) is 0. The van der Waals surface area contributed by atoms with Crippen LogP contribution in [-0.4, -0.2) is 28.5 Å². The fourth-order valence-corrected chi connectivity index (χ4v) is 3.13. The molecular formula is C17H17F3N2O2. The smallest absolute Gasteiger partial charge is 0.406 e. The van der Waals surface area contributed by atoms with Crippen LogP contribution < -0.4 is 0 Å². The first-order chi connectivity index (χ1) is 11.3. The van der Waals surface area contributed by atoms with E-state index in [1.807, 2.05) is 6.07 Å². The molecule has 2 aromatic heterocycles. The fraction of sp³-hybridized carbons (Fsp3) is 0.412. The van der Waals surface area contributed by atoms with Crippen LogP contribution in [-0.2, 0) is 6.42 Å². The number of nitrogens with zero attached hydrogens (tertiary/aromatic N) is 2. The molecule has 1 atom stereocenters. The Kier molecular flexibility index (Phi) is 4.34. The van der Waals surface area contributed by atoms with Crippen LogP contribution in [0.1, 0.15) is 46.3 Å². The number of carbonyl (C=O) groups is 1. The molecule has 1 aliphatic carbocycles. The number of hydrogen-bond acceptors (Lipinski definition) is 3. The molecule has 3 rings (SSSR count). The molecule has 0 saturated carbocycles. The Hall–Kier alpha value is -2.31. The van der Waals surface area contributed by atoms with E-state index in [0.717, 1.165) is 23.3 Å². The maximum absolute atomic E-state index is 13.1. The van der Waals surface area contributed by atoms with E-state index in [1.165, 1.54) is 12.3 Å². The number of pyridine rings is 1. The highest BCUT2D eigenvalue weighted by atomic mass is 19.4. The van der Waals surface area contributed by atoms with Gasteiger partial charge in [-0.15, -0.1) is 0 Å². The summed E-state index contributed by atoms with van der Waals surface area (Å²) in [4.78, 5) is 17.8. The van der Waals surface area contributed by atoms with E-state index in [9.17, 15) is 18.0 Å². The zero-order valence-electron chi connectivity index (χ0n) is 13.1. The summed E-state index contributed by atoms with van der Waals surface area (Å²) in [6, 6.07) is 4.39. The number of halogens is 3. The minimum atomic E-state index is -4.49. The van der Waals surface area contributed by atoms with Crippen LogP contribution in [0.3, 0.4) is 0 Å². The minimum absolute atomic E-state index is 0.125. The number of furan rings is 1. The third-order valence-electron chi connectivity index (χ3n) is 4.13. The molecule has 1 amide bonds. The molecule has 0 N–H and O–H groups in total. The van der Waals surface area contributed by atoms with Crippen molar-refractivity contribution < 1.29 is 22.4 Å². The SMILES string of the molecule is Cc1cc(C(=O)N(CC(F)(F)F)[C@@H]2CCCc3cccnc32)co1. The van der Waals surface area contributed by atoms with Gasteiger partial charge in [0.15, 0.2) is 0 Å². The molecule has 1 aliphatic rings. The van der Waals surface area contributed by atoms with Gasteiger partial charge in [0, 0.05) is 6.20 Å². The summed E-state index contributed by atoms with van der Waals surface area (Å²) in [6.07, 6.45) is 0.204. The summed E-state index contributed by atoms with van der Waals surface area (Å²) in [6.45, 7) is 0.332. The van der Waals surface area contributed by atoms with Gasteiger partial charge in [0.2, 0.25) is 0 Å². The number of aryl methyl sites for hydroxylation is 2. The van der Waals surface area contributed by atoms with Gasteiger partial charge >= 0.3 is 6.18 Å². The predicted molar refractivity (Wildman–Crippen MR) is 80.5 cm³/mol. The highest BCUT2D eigenvalue weighted by Crippen LogP contribution is 2.35. The quantitative estimate of drug-likeness (QED) is 0.848. The van der Waals surface area contributed by atoms with Gasteiger partial charge in [-0.3, -0.25) is 9.78 Å². The fourth-order valence-electron chi connectivity index (χ4n) is 3.13. The number of alkyl halides is 3. The first-order valence-corrected chi connectivity index (χ1v) is 7.72. The number of aromatic nitrogens is 1. The van der Waals surface area contributed by atoms with Gasteiger partial charge in [-0.05, 0) is 43.9 Å². The number of carbonyl (C=O) groups excluding carboxylic acids is 1. The standard InChI is InChI=1S/C17H17F3N2O2/c1-11-8-13(9-24-11)16(23)22(10-17(18,19)20)14-6-2-4-12-5-3-7-21-15(12)14/h3,5,7-9,14H,2,4,6,10H2,1H3/t14-/m1/s1. The molecule has 24 heavy (non-hydrogen) atoms. The zero-order chi connectivity index (χ0) is 17.3. The second kappa shape index (κ2) is 6.30. The van der Waals surface area contributed by atoms with Gasteiger partial charge in [-0.1, -0.05) is 6.07 Å². The maximum Gasteiger partial charge on any atom is 0.406 e. The molecule has 4 nitrogen and oxygen atoms in total. The normalized spacial score (nSPS) is 17.4. The van der Waals surface area contributed by atoms with Crippen molar-refractivity contribution >= 4 is 5.91 Å². The molecule has 0 radical (unpaired) electrons. The van der Waals surface area contributed by atoms with Gasteiger partial charge in [0.25, 0.3) is 5.91 Å². The lowest BCUT2D eigenvalue weighted by Crippen LogP contribution is -2.42. The summed E-state index contributed by atoms with van der Waals surface area (Å²) < 4.78 is 44.3. The highest BCUT2D eigenvalue weighted by molar-refractivity contribution is 5.94. The van der Waals surface area contributed by atoms with Crippen molar-refractivity contribution in [3.63, 3.8) is 0 Å². The van der Waals surface area contributed by atoms with Crippen LogP contribution in [0, 0.1) is 6.92 Å². The van der Waals surface area contributed by atoms with Crippen molar-refractivity contribution in [2.75, 3.05) is 6.54 Å². The van der Waals surface area contributed by atoms with Gasteiger partial charge in [0.05, 0.1) is 17.3 Å². The maximum atomic E-state index is 13.1. The lowest BCUT2D eigenvalue weighted by atomic mass is 9.90. The average Bonchev–Trinajstić information content (AvgIpc) is 2.97. The molecule has 7 heteroatoms. The number of fused-ring (bicyclic) bond motifs is 1. The zero-order valence-corrected chi connectivity index (χ0v) is 13.1. The number of rotatable bonds is 3. The Labute approximate surface area is 137 Å². The first kappa shape index (κ1) is 16.5.